The van der Waals surface area contributed by atoms with Crippen LogP contribution < -0.4 is 5.48 Å². The maximum absolute atomic E-state index is 12.6. The predicted molar refractivity (Wildman–Crippen MR) is 131 cm³/mol. The van der Waals surface area contributed by atoms with Crippen molar-refractivity contribution in [2.75, 3.05) is 26.3 Å². The molecule has 184 valence electrons. The van der Waals surface area contributed by atoms with Gasteiger partial charge >= 0.3 is 0 Å². The van der Waals surface area contributed by atoms with Gasteiger partial charge in [-0.25, -0.2) is 5.48 Å². The lowest BCUT2D eigenvalue weighted by Crippen LogP contribution is -2.36. The summed E-state index contributed by atoms with van der Waals surface area (Å²) in [7, 11) is 0. The number of hydrogen-bond acceptors (Lipinski definition) is 9. The Hall–Kier alpha value is -3.02. The molecule has 1 aliphatic heterocycles. The molecule has 1 saturated heterocycles. The summed E-state index contributed by atoms with van der Waals surface area (Å²) in [5, 5.41) is 28.8. The van der Waals surface area contributed by atoms with Crippen molar-refractivity contribution < 1.29 is 24.6 Å². The monoisotopic (exact) mass is 496 g/mol. The van der Waals surface area contributed by atoms with E-state index in [-0.39, 0.29) is 12.2 Å². The number of Topliss-reactive ketones (excluding diaryl/α,β-unsaturated/α-hetero) is 1. The summed E-state index contributed by atoms with van der Waals surface area (Å²) in [6.07, 6.45) is -1.29. The normalized spacial score (nSPS) is 16.0. The van der Waals surface area contributed by atoms with Crippen molar-refractivity contribution in [1.29, 1.82) is 0 Å². The molecule has 0 bridgehead atoms. The van der Waals surface area contributed by atoms with E-state index < -0.39 is 17.9 Å². The first-order valence-electron chi connectivity index (χ1n) is 11.4. The number of hydrogen-bond donors (Lipinski definition) is 3. The molecule has 1 aliphatic rings. The van der Waals surface area contributed by atoms with Crippen molar-refractivity contribution in [3.05, 3.63) is 59.7 Å². The molecule has 2 aromatic carbocycles. The second-order valence-corrected chi connectivity index (χ2v) is 9.50. The Balaban J connectivity index is 1.40. The molecule has 35 heavy (non-hydrogen) atoms. The number of morpholine rings is 1. The number of benzene rings is 2. The number of nitrogens with zero attached hydrogens (tertiary/aromatic N) is 3. The molecule has 1 amide bonds. The Morgan fingerprint density at radius 2 is 1.60 bits per heavy atom. The van der Waals surface area contributed by atoms with Crippen LogP contribution in [0.2, 0.25) is 0 Å². The van der Waals surface area contributed by atoms with Gasteiger partial charge in [-0.1, -0.05) is 59.9 Å². The van der Waals surface area contributed by atoms with Crippen LogP contribution in [0.1, 0.15) is 29.3 Å². The van der Waals surface area contributed by atoms with E-state index in [9.17, 15) is 14.7 Å². The summed E-state index contributed by atoms with van der Waals surface area (Å²) in [4.78, 5) is 26.6. The van der Waals surface area contributed by atoms with Crippen molar-refractivity contribution >= 4 is 23.0 Å². The van der Waals surface area contributed by atoms with Gasteiger partial charge in [0.1, 0.15) is 10.0 Å². The molecule has 0 spiro atoms. The van der Waals surface area contributed by atoms with Crippen molar-refractivity contribution in [2.24, 2.45) is 5.92 Å². The van der Waals surface area contributed by atoms with Gasteiger partial charge in [-0.2, -0.15) is 0 Å². The van der Waals surface area contributed by atoms with E-state index in [4.69, 9.17) is 9.94 Å². The minimum atomic E-state index is -1.07. The molecule has 3 aromatic rings. The quantitative estimate of drug-likeness (QED) is 0.235. The van der Waals surface area contributed by atoms with E-state index in [1.165, 1.54) is 29.3 Å². The number of amides is 1. The minimum absolute atomic E-state index is 0.214. The number of aromatic nitrogens is 2. The fourth-order valence-corrected chi connectivity index (χ4v) is 4.76. The molecular formula is C25H28N4O5S. The van der Waals surface area contributed by atoms with Gasteiger partial charge in [0.05, 0.1) is 25.2 Å². The van der Waals surface area contributed by atoms with Gasteiger partial charge in [0, 0.05) is 42.7 Å². The van der Waals surface area contributed by atoms with E-state index >= 15 is 0 Å². The van der Waals surface area contributed by atoms with Crippen LogP contribution in [0.3, 0.4) is 0 Å². The van der Waals surface area contributed by atoms with Crippen LogP contribution >= 0.6 is 11.3 Å². The molecule has 0 unspecified atom stereocenters. The third-order valence-corrected chi connectivity index (χ3v) is 7.05. The second kappa shape index (κ2) is 11.6. The van der Waals surface area contributed by atoms with Gasteiger partial charge in [0.15, 0.2) is 5.78 Å². The lowest BCUT2D eigenvalue weighted by Gasteiger charge is -2.26. The van der Waals surface area contributed by atoms with Crippen LogP contribution in [0.25, 0.3) is 21.1 Å². The Kier molecular flexibility index (Phi) is 8.32. The predicted octanol–water partition coefficient (Wildman–Crippen LogP) is 2.78. The summed E-state index contributed by atoms with van der Waals surface area (Å²) in [6, 6.07) is 15.2. The second-order valence-electron chi connectivity index (χ2n) is 8.53. The highest BCUT2D eigenvalue weighted by atomic mass is 32.1. The number of carbonyl (C=O) groups excluding carboxylic acids is 2. The van der Waals surface area contributed by atoms with Gasteiger partial charge in [-0.3, -0.25) is 19.7 Å². The molecule has 0 aliphatic carbocycles. The van der Waals surface area contributed by atoms with Crippen molar-refractivity contribution in [3.63, 3.8) is 0 Å². The number of aliphatic hydroxyl groups is 1. The van der Waals surface area contributed by atoms with Gasteiger partial charge in [0.2, 0.25) is 5.91 Å². The Morgan fingerprint density at radius 1 is 1.03 bits per heavy atom. The summed E-state index contributed by atoms with van der Waals surface area (Å²) in [6.45, 7) is 5.77. The van der Waals surface area contributed by atoms with Crippen LogP contribution in [0.4, 0.5) is 0 Å². The number of carbonyl (C=O) groups is 2. The van der Waals surface area contributed by atoms with Crippen LogP contribution in [-0.2, 0) is 16.1 Å². The van der Waals surface area contributed by atoms with Crippen molar-refractivity contribution in [2.45, 2.75) is 26.0 Å². The Morgan fingerprint density at radius 3 is 2.14 bits per heavy atom. The average molecular weight is 497 g/mol. The third-order valence-electron chi connectivity index (χ3n) is 6.02. The number of ether oxygens (including phenoxy) is 1. The van der Waals surface area contributed by atoms with Crippen LogP contribution in [0, 0.1) is 5.92 Å². The number of nitrogens with one attached hydrogen (secondary N) is 1. The lowest BCUT2D eigenvalue weighted by molar-refractivity contribution is -0.136. The number of rotatable bonds is 9. The maximum atomic E-state index is 12.6. The lowest BCUT2D eigenvalue weighted by atomic mass is 9.93. The summed E-state index contributed by atoms with van der Waals surface area (Å²) in [5.74, 6) is -2.13. The van der Waals surface area contributed by atoms with Crippen molar-refractivity contribution in [3.8, 4) is 21.1 Å². The molecule has 0 radical (unpaired) electrons. The molecule has 1 fully saturated rings. The summed E-state index contributed by atoms with van der Waals surface area (Å²) < 4.78 is 5.40. The van der Waals surface area contributed by atoms with Crippen LogP contribution in [0.15, 0.2) is 48.5 Å². The standard InChI is InChI=1S/C25H28N4O5S/c1-16(30)21(23(32)28-33)14-22(31)18-6-8-20(9-7-18)25-27-26-24(35-25)19-4-2-17(3-5-19)15-29-10-12-34-13-11-29/h2-9,16,21,30,33H,10-15H2,1H3,(H,28,32)/t16-,21+/m1/s1. The van der Waals surface area contributed by atoms with E-state index in [0.29, 0.717) is 5.56 Å². The molecular weight excluding hydrogens is 468 g/mol. The number of aliphatic hydroxyl groups excluding tert-OH is 1. The zero-order chi connectivity index (χ0) is 24.8. The minimum Gasteiger partial charge on any atom is -0.393 e. The topological polar surface area (TPSA) is 125 Å². The first kappa shape index (κ1) is 25.1. The molecule has 9 nitrogen and oxygen atoms in total. The first-order valence-corrected chi connectivity index (χ1v) is 12.2. The van der Waals surface area contributed by atoms with Crippen LogP contribution in [0.5, 0.6) is 0 Å². The molecule has 0 saturated carbocycles. The van der Waals surface area contributed by atoms with Gasteiger partial charge in [0.25, 0.3) is 0 Å². The zero-order valence-electron chi connectivity index (χ0n) is 19.4. The molecule has 2 atom stereocenters. The number of hydroxylamine groups is 1. The highest BCUT2D eigenvalue weighted by Crippen LogP contribution is 2.30. The largest absolute Gasteiger partial charge is 0.393 e. The van der Waals surface area contributed by atoms with Gasteiger partial charge in [-0.15, -0.1) is 10.2 Å². The van der Waals surface area contributed by atoms with Crippen molar-refractivity contribution in [1.82, 2.24) is 20.6 Å². The van der Waals surface area contributed by atoms with Gasteiger partial charge < -0.3 is 9.84 Å². The Bertz CT molecular complexity index is 1140. The zero-order valence-corrected chi connectivity index (χ0v) is 20.2. The summed E-state index contributed by atoms with van der Waals surface area (Å²) >= 11 is 1.47. The van der Waals surface area contributed by atoms with E-state index in [0.717, 1.165) is 54.0 Å². The first-order chi connectivity index (χ1) is 16.9. The molecule has 1 aromatic heterocycles. The van der Waals surface area contributed by atoms with Gasteiger partial charge in [-0.05, 0) is 12.5 Å². The maximum Gasteiger partial charge on any atom is 0.249 e. The fraction of sp³-hybridized carbons (Fsp3) is 0.360. The number of ketones is 1. The Labute approximate surface area is 207 Å². The SMILES string of the molecule is C[C@@H](O)[C@H](CC(=O)c1ccc(-c2nnc(-c3ccc(CN4CCOCC4)cc3)s2)cc1)C(=O)NO. The highest BCUT2D eigenvalue weighted by Gasteiger charge is 2.27. The summed E-state index contributed by atoms with van der Waals surface area (Å²) in [5.41, 5.74) is 4.98. The molecule has 4 rings (SSSR count). The van der Waals surface area contributed by atoms with Crippen LogP contribution in [-0.4, -0.2) is 69.5 Å². The fourth-order valence-electron chi connectivity index (χ4n) is 3.91. The smallest absolute Gasteiger partial charge is 0.249 e. The average Bonchev–Trinajstić information content (AvgIpc) is 3.38. The molecule has 2 heterocycles. The highest BCUT2D eigenvalue weighted by molar-refractivity contribution is 7.17. The molecule has 3 N–H and O–H groups in total. The van der Waals surface area contributed by atoms with E-state index in [1.807, 2.05) is 0 Å². The molecule has 10 heteroatoms. The third kappa shape index (κ3) is 6.36. The van der Waals surface area contributed by atoms with E-state index in [1.54, 1.807) is 24.3 Å². The van der Waals surface area contributed by atoms with E-state index in [2.05, 4.69) is 39.4 Å².